The van der Waals surface area contributed by atoms with Gasteiger partial charge >= 0.3 is 12.5 Å². The monoisotopic (exact) mass is 387 g/mol. The molecule has 1 aromatic heterocycles. The van der Waals surface area contributed by atoms with Gasteiger partial charge in [-0.15, -0.1) is 13.2 Å². The third kappa shape index (κ3) is 4.21. The number of hydrogen-bond acceptors (Lipinski definition) is 4. The average molecular weight is 387 g/mol. The molecular formula is C17H11F6N3O. The number of anilines is 2. The lowest BCUT2D eigenvalue weighted by Crippen LogP contribution is -2.18. The summed E-state index contributed by atoms with van der Waals surface area (Å²) in [5, 5.41) is 0.364. The van der Waals surface area contributed by atoms with Crippen LogP contribution in [-0.2, 0) is 6.18 Å². The molecule has 142 valence electrons. The van der Waals surface area contributed by atoms with Gasteiger partial charge in [-0.1, -0.05) is 12.1 Å². The van der Waals surface area contributed by atoms with E-state index in [9.17, 15) is 26.3 Å². The second kappa shape index (κ2) is 6.60. The second-order valence-electron chi connectivity index (χ2n) is 5.49. The lowest BCUT2D eigenvalue weighted by molar-refractivity contribution is -0.274. The van der Waals surface area contributed by atoms with Crippen LogP contribution in [0.15, 0.2) is 48.5 Å². The molecule has 0 aliphatic heterocycles. The second-order valence-corrected chi connectivity index (χ2v) is 5.49. The molecule has 0 N–H and O–H groups in total. The fraction of sp³-hybridized carbons (Fsp3) is 0.176. The summed E-state index contributed by atoms with van der Waals surface area (Å²) < 4.78 is 79.8. The number of hydrogen-bond donors (Lipinski definition) is 0. The van der Waals surface area contributed by atoms with Crippen molar-refractivity contribution in [3.05, 3.63) is 54.4 Å². The SMILES string of the molecule is CN(c1ccc(OC(F)(F)F)cc1)c1nc(C(F)(F)F)nc2ccccc12. The van der Waals surface area contributed by atoms with E-state index in [0.717, 1.165) is 12.1 Å². The number of alkyl halides is 6. The van der Waals surface area contributed by atoms with Crippen molar-refractivity contribution >= 4 is 22.4 Å². The number of para-hydroxylation sites is 1. The highest BCUT2D eigenvalue weighted by Crippen LogP contribution is 2.34. The van der Waals surface area contributed by atoms with Crippen molar-refractivity contribution in [2.45, 2.75) is 12.5 Å². The molecule has 0 saturated carbocycles. The van der Waals surface area contributed by atoms with Crippen LogP contribution in [0, 0.1) is 0 Å². The van der Waals surface area contributed by atoms with Crippen LogP contribution in [0.3, 0.4) is 0 Å². The first-order valence-corrected chi connectivity index (χ1v) is 7.48. The first-order chi connectivity index (χ1) is 12.5. The molecule has 27 heavy (non-hydrogen) atoms. The lowest BCUT2D eigenvalue weighted by atomic mass is 10.2. The van der Waals surface area contributed by atoms with Crippen LogP contribution >= 0.6 is 0 Å². The number of rotatable bonds is 3. The molecule has 0 atom stereocenters. The maximum atomic E-state index is 13.1. The summed E-state index contributed by atoms with van der Waals surface area (Å²) in [6.45, 7) is 0. The summed E-state index contributed by atoms with van der Waals surface area (Å²) in [5.41, 5.74) is 0.417. The fourth-order valence-electron chi connectivity index (χ4n) is 2.44. The summed E-state index contributed by atoms with van der Waals surface area (Å²) in [5.74, 6) is -1.78. The van der Waals surface area contributed by atoms with Gasteiger partial charge < -0.3 is 9.64 Å². The summed E-state index contributed by atoms with van der Waals surface area (Å²) in [7, 11) is 1.45. The van der Waals surface area contributed by atoms with Crippen LogP contribution < -0.4 is 9.64 Å². The van der Waals surface area contributed by atoms with Crippen LogP contribution in [0.5, 0.6) is 5.75 Å². The molecule has 0 radical (unpaired) electrons. The molecule has 0 spiro atoms. The van der Waals surface area contributed by atoms with Gasteiger partial charge in [0.05, 0.1) is 5.52 Å². The number of nitrogens with zero attached hydrogens (tertiary/aromatic N) is 3. The van der Waals surface area contributed by atoms with E-state index in [1.54, 1.807) is 18.2 Å². The zero-order valence-electron chi connectivity index (χ0n) is 13.6. The lowest BCUT2D eigenvalue weighted by Gasteiger charge is -2.21. The van der Waals surface area contributed by atoms with E-state index in [1.807, 2.05) is 0 Å². The largest absolute Gasteiger partial charge is 0.573 e. The summed E-state index contributed by atoms with van der Waals surface area (Å²) in [6.07, 6.45) is -9.58. The highest BCUT2D eigenvalue weighted by atomic mass is 19.4. The maximum absolute atomic E-state index is 13.1. The minimum Gasteiger partial charge on any atom is -0.406 e. The third-order valence-electron chi connectivity index (χ3n) is 3.61. The predicted octanol–water partition coefficient (Wildman–Crippen LogP) is 5.32. The Kier molecular flexibility index (Phi) is 4.58. The van der Waals surface area contributed by atoms with E-state index in [1.165, 1.54) is 30.1 Å². The van der Waals surface area contributed by atoms with Gasteiger partial charge in [-0.25, -0.2) is 9.97 Å². The topological polar surface area (TPSA) is 38.2 Å². The number of fused-ring (bicyclic) bond motifs is 1. The van der Waals surface area contributed by atoms with Crippen LogP contribution in [0.25, 0.3) is 10.9 Å². The molecule has 0 aliphatic rings. The molecule has 10 heteroatoms. The number of ether oxygens (including phenoxy) is 1. The molecule has 1 heterocycles. The first kappa shape index (κ1) is 18.7. The summed E-state index contributed by atoms with van der Waals surface area (Å²) in [6, 6.07) is 10.8. The molecule has 3 rings (SSSR count). The van der Waals surface area contributed by atoms with E-state index in [4.69, 9.17) is 0 Å². The molecule has 0 bridgehead atoms. The molecule has 4 nitrogen and oxygen atoms in total. The van der Waals surface area contributed by atoms with Gasteiger partial charge in [0.15, 0.2) is 0 Å². The van der Waals surface area contributed by atoms with Gasteiger partial charge in [0.1, 0.15) is 11.6 Å². The Labute approximate surface area is 149 Å². The van der Waals surface area contributed by atoms with Crippen LogP contribution in [0.2, 0.25) is 0 Å². The Hall–Kier alpha value is -3.04. The van der Waals surface area contributed by atoms with E-state index in [0.29, 0.717) is 11.1 Å². The zero-order chi connectivity index (χ0) is 19.8. The van der Waals surface area contributed by atoms with Crippen molar-refractivity contribution in [3.8, 4) is 5.75 Å². The Morgan fingerprint density at radius 1 is 0.852 bits per heavy atom. The highest BCUT2D eigenvalue weighted by molar-refractivity contribution is 5.91. The van der Waals surface area contributed by atoms with Gasteiger partial charge in [0.25, 0.3) is 0 Å². The fourth-order valence-corrected chi connectivity index (χ4v) is 2.44. The minimum absolute atomic E-state index is 0.0302. The Morgan fingerprint density at radius 2 is 1.48 bits per heavy atom. The van der Waals surface area contributed by atoms with Gasteiger partial charge in [0.2, 0.25) is 5.82 Å². The normalized spacial score (nSPS) is 12.3. The minimum atomic E-state index is -4.84. The third-order valence-corrected chi connectivity index (χ3v) is 3.61. The van der Waals surface area contributed by atoms with E-state index in [-0.39, 0.29) is 11.3 Å². The van der Waals surface area contributed by atoms with Crippen LogP contribution in [0.4, 0.5) is 37.8 Å². The first-order valence-electron chi connectivity index (χ1n) is 7.48. The van der Waals surface area contributed by atoms with Crippen molar-refractivity contribution in [3.63, 3.8) is 0 Å². The van der Waals surface area contributed by atoms with Crippen LogP contribution in [0.1, 0.15) is 5.82 Å². The van der Waals surface area contributed by atoms with Crippen molar-refractivity contribution in [2.75, 3.05) is 11.9 Å². The molecule has 0 fully saturated rings. The van der Waals surface area contributed by atoms with Crippen molar-refractivity contribution < 1.29 is 31.1 Å². The van der Waals surface area contributed by atoms with E-state index < -0.39 is 24.1 Å². The Bertz CT molecular complexity index is 954. The van der Waals surface area contributed by atoms with Gasteiger partial charge in [-0.2, -0.15) is 13.2 Å². The molecule has 2 aromatic carbocycles. The summed E-state index contributed by atoms with van der Waals surface area (Å²) in [4.78, 5) is 8.47. The smallest absolute Gasteiger partial charge is 0.406 e. The Balaban J connectivity index is 2.03. The van der Waals surface area contributed by atoms with Crippen molar-refractivity contribution in [2.24, 2.45) is 0 Å². The quantitative estimate of drug-likeness (QED) is 0.571. The molecule has 3 aromatic rings. The van der Waals surface area contributed by atoms with Gasteiger partial charge in [0, 0.05) is 18.1 Å². The van der Waals surface area contributed by atoms with Crippen molar-refractivity contribution in [1.82, 2.24) is 9.97 Å². The van der Waals surface area contributed by atoms with Crippen LogP contribution in [-0.4, -0.2) is 23.4 Å². The molecule has 0 aliphatic carbocycles. The molecular weight excluding hydrogens is 376 g/mol. The van der Waals surface area contributed by atoms with E-state index >= 15 is 0 Å². The molecule has 0 amide bonds. The molecule has 0 unspecified atom stereocenters. The summed E-state index contributed by atoms with van der Waals surface area (Å²) >= 11 is 0. The van der Waals surface area contributed by atoms with E-state index in [2.05, 4.69) is 14.7 Å². The highest BCUT2D eigenvalue weighted by Gasteiger charge is 2.36. The maximum Gasteiger partial charge on any atom is 0.573 e. The average Bonchev–Trinajstić information content (AvgIpc) is 2.58. The zero-order valence-corrected chi connectivity index (χ0v) is 13.6. The standard InChI is InChI=1S/C17H11F6N3O/c1-26(10-6-8-11(9-7-10)27-17(21,22)23)14-12-4-2-3-5-13(12)24-15(25-14)16(18,19)20/h2-9H,1H3. The molecule has 0 saturated heterocycles. The Morgan fingerprint density at radius 3 is 2.07 bits per heavy atom. The number of halogens is 6. The predicted molar refractivity (Wildman–Crippen MR) is 85.7 cm³/mol. The number of benzene rings is 2. The van der Waals surface area contributed by atoms with Crippen molar-refractivity contribution in [1.29, 1.82) is 0 Å². The van der Waals surface area contributed by atoms with Gasteiger partial charge in [-0.3, -0.25) is 0 Å². The number of aromatic nitrogens is 2. The van der Waals surface area contributed by atoms with Gasteiger partial charge in [-0.05, 0) is 36.4 Å².